The molecule has 19 heavy (non-hydrogen) atoms. The first kappa shape index (κ1) is 11.9. The lowest BCUT2D eigenvalue weighted by molar-refractivity contribution is 0.0695. The number of carbonyl (C=O) groups is 1. The minimum atomic E-state index is -0.969. The van der Waals surface area contributed by atoms with Crippen LogP contribution in [0.25, 0.3) is 5.69 Å². The molecule has 5 heteroatoms. The molecular formula is C14H15N3O2. The topological polar surface area (TPSA) is 68.0 Å². The van der Waals surface area contributed by atoms with Gasteiger partial charge in [-0.1, -0.05) is 0 Å². The minimum absolute atomic E-state index is 0.219. The number of carboxylic acids is 1. The van der Waals surface area contributed by atoms with E-state index in [2.05, 4.69) is 10.1 Å². The molecule has 0 radical (unpaired) electrons. The fraction of sp³-hybridized carbons (Fsp3) is 0.357. The predicted octanol–water partition coefficient (Wildman–Crippen LogP) is 2.46. The lowest BCUT2D eigenvalue weighted by Crippen LogP contribution is -2.10. The fourth-order valence-electron chi connectivity index (χ4n) is 2.32. The molecule has 0 unspecified atom stereocenters. The molecule has 2 heterocycles. The van der Waals surface area contributed by atoms with Gasteiger partial charge in [0.1, 0.15) is 5.56 Å². The molecule has 0 spiro atoms. The van der Waals surface area contributed by atoms with Crippen molar-refractivity contribution in [2.45, 2.75) is 32.6 Å². The van der Waals surface area contributed by atoms with Gasteiger partial charge in [-0.15, -0.1) is 0 Å². The van der Waals surface area contributed by atoms with Crippen molar-refractivity contribution in [2.24, 2.45) is 0 Å². The van der Waals surface area contributed by atoms with Crippen LogP contribution in [-0.2, 0) is 0 Å². The van der Waals surface area contributed by atoms with E-state index in [1.807, 2.05) is 19.2 Å². The molecule has 0 atom stereocenters. The number of hydrogen-bond donors (Lipinski definition) is 1. The number of nitrogens with zero attached hydrogens (tertiary/aromatic N) is 3. The smallest absolute Gasteiger partial charge is 0.339 e. The molecule has 1 aliphatic rings. The number of hydrogen-bond acceptors (Lipinski definition) is 3. The van der Waals surface area contributed by atoms with Crippen LogP contribution in [0.2, 0.25) is 0 Å². The second-order valence-corrected chi connectivity index (χ2v) is 5.01. The fourth-order valence-corrected chi connectivity index (χ4v) is 2.32. The summed E-state index contributed by atoms with van der Waals surface area (Å²) in [5.41, 5.74) is 3.16. The molecule has 1 saturated carbocycles. The van der Waals surface area contributed by atoms with Gasteiger partial charge >= 0.3 is 5.97 Å². The van der Waals surface area contributed by atoms with E-state index in [4.69, 9.17) is 0 Å². The number of aromatic nitrogens is 3. The molecule has 1 aliphatic carbocycles. The van der Waals surface area contributed by atoms with Crippen molar-refractivity contribution in [3.63, 3.8) is 0 Å². The summed E-state index contributed by atoms with van der Waals surface area (Å²) < 4.78 is 1.65. The molecule has 0 aliphatic heterocycles. The molecule has 1 N–H and O–H groups in total. The van der Waals surface area contributed by atoms with Gasteiger partial charge in [0.25, 0.3) is 0 Å². The largest absolute Gasteiger partial charge is 0.478 e. The van der Waals surface area contributed by atoms with Crippen LogP contribution in [0.4, 0.5) is 0 Å². The van der Waals surface area contributed by atoms with Crippen LogP contribution in [0.5, 0.6) is 0 Å². The Kier molecular flexibility index (Phi) is 2.62. The van der Waals surface area contributed by atoms with Crippen molar-refractivity contribution in [1.29, 1.82) is 0 Å². The zero-order valence-electron chi connectivity index (χ0n) is 10.9. The Morgan fingerprint density at radius 2 is 2.16 bits per heavy atom. The second kappa shape index (κ2) is 4.19. The average Bonchev–Trinajstić information content (AvgIpc) is 3.05. The van der Waals surface area contributed by atoms with Crippen LogP contribution in [-0.4, -0.2) is 25.8 Å². The van der Waals surface area contributed by atoms with E-state index in [1.54, 1.807) is 17.7 Å². The first-order valence-electron chi connectivity index (χ1n) is 6.33. The summed E-state index contributed by atoms with van der Waals surface area (Å²) in [7, 11) is 0. The second-order valence-electron chi connectivity index (χ2n) is 5.01. The summed E-state index contributed by atoms with van der Waals surface area (Å²) in [6, 6.07) is 3.73. The van der Waals surface area contributed by atoms with Gasteiger partial charge in [0, 0.05) is 17.8 Å². The van der Waals surface area contributed by atoms with Crippen LogP contribution in [0.3, 0.4) is 0 Å². The summed E-state index contributed by atoms with van der Waals surface area (Å²) in [4.78, 5) is 15.6. The Morgan fingerprint density at radius 1 is 1.42 bits per heavy atom. The molecule has 5 nitrogen and oxygen atoms in total. The highest BCUT2D eigenvalue weighted by Crippen LogP contribution is 2.39. The van der Waals surface area contributed by atoms with Gasteiger partial charge in [-0.25, -0.2) is 9.48 Å². The van der Waals surface area contributed by atoms with Crippen LogP contribution in [0.15, 0.2) is 18.3 Å². The van der Waals surface area contributed by atoms with Crippen LogP contribution in [0.1, 0.15) is 46.2 Å². The zero-order valence-corrected chi connectivity index (χ0v) is 10.9. The summed E-state index contributed by atoms with van der Waals surface area (Å²) in [5.74, 6) is -0.415. The standard InChI is InChI=1S/C14H15N3O2/c1-8-7-12(13(14(18)19)9(2)15-8)17-6-5-11(16-17)10-3-4-10/h5-7,10H,3-4H2,1-2H3,(H,18,19). The molecular weight excluding hydrogens is 242 g/mol. The first-order chi connectivity index (χ1) is 9.06. The third-order valence-electron chi connectivity index (χ3n) is 3.37. The van der Waals surface area contributed by atoms with Crippen molar-refractivity contribution in [3.8, 4) is 5.69 Å². The minimum Gasteiger partial charge on any atom is -0.478 e. The first-order valence-corrected chi connectivity index (χ1v) is 6.33. The molecule has 1 fully saturated rings. The van der Waals surface area contributed by atoms with Gasteiger partial charge in [0.05, 0.1) is 17.1 Å². The molecule has 0 bridgehead atoms. The Bertz CT molecular complexity index is 657. The molecule has 0 aromatic carbocycles. The predicted molar refractivity (Wildman–Crippen MR) is 69.8 cm³/mol. The Labute approximate surface area is 110 Å². The van der Waals surface area contributed by atoms with E-state index in [9.17, 15) is 9.90 Å². The molecule has 2 aromatic rings. The number of rotatable bonds is 3. The van der Waals surface area contributed by atoms with E-state index < -0.39 is 5.97 Å². The van der Waals surface area contributed by atoms with Crippen LogP contribution >= 0.6 is 0 Å². The van der Waals surface area contributed by atoms with Crippen LogP contribution in [0, 0.1) is 13.8 Å². The van der Waals surface area contributed by atoms with Crippen molar-refractivity contribution in [3.05, 3.63) is 41.0 Å². The zero-order chi connectivity index (χ0) is 13.6. The Balaban J connectivity index is 2.13. The van der Waals surface area contributed by atoms with Crippen molar-refractivity contribution < 1.29 is 9.90 Å². The molecule has 3 rings (SSSR count). The lowest BCUT2D eigenvalue weighted by atomic mass is 10.1. The van der Waals surface area contributed by atoms with E-state index >= 15 is 0 Å². The normalized spacial score (nSPS) is 14.6. The molecule has 0 saturated heterocycles. The van der Waals surface area contributed by atoms with E-state index in [-0.39, 0.29) is 5.56 Å². The van der Waals surface area contributed by atoms with Crippen LogP contribution < -0.4 is 0 Å². The third kappa shape index (κ3) is 2.12. The Morgan fingerprint density at radius 3 is 2.79 bits per heavy atom. The van der Waals surface area contributed by atoms with Crippen molar-refractivity contribution in [1.82, 2.24) is 14.8 Å². The van der Waals surface area contributed by atoms with Gasteiger partial charge in [0.15, 0.2) is 0 Å². The van der Waals surface area contributed by atoms with Gasteiger partial charge in [-0.3, -0.25) is 4.98 Å². The summed E-state index contributed by atoms with van der Waals surface area (Å²) in [6.45, 7) is 3.57. The maximum atomic E-state index is 11.4. The maximum Gasteiger partial charge on any atom is 0.339 e. The van der Waals surface area contributed by atoms with Gasteiger partial charge in [-0.05, 0) is 38.8 Å². The van der Waals surface area contributed by atoms with E-state index in [0.29, 0.717) is 17.3 Å². The summed E-state index contributed by atoms with van der Waals surface area (Å²) >= 11 is 0. The molecule has 2 aromatic heterocycles. The van der Waals surface area contributed by atoms with Gasteiger partial charge in [0.2, 0.25) is 0 Å². The van der Waals surface area contributed by atoms with Crippen molar-refractivity contribution in [2.75, 3.05) is 0 Å². The summed E-state index contributed by atoms with van der Waals surface area (Å²) in [5, 5.41) is 13.8. The SMILES string of the molecule is Cc1cc(-n2ccc(C3CC3)n2)c(C(=O)O)c(C)n1. The monoisotopic (exact) mass is 257 g/mol. The number of pyridine rings is 1. The quantitative estimate of drug-likeness (QED) is 0.917. The number of aryl methyl sites for hydroxylation is 2. The number of aromatic carboxylic acids is 1. The number of carboxylic acid groups (broad SMARTS) is 1. The highest BCUT2D eigenvalue weighted by Gasteiger charge is 2.26. The average molecular weight is 257 g/mol. The molecule has 0 amide bonds. The van der Waals surface area contributed by atoms with Gasteiger partial charge < -0.3 is 5.11 Å². The lowest BCUT2D eigenvalue weighted by Gasteiger charge is -2.09. The Hall–Kier alpha value is -2.17. The van der Waals surface area contributed by atoms with Gasteiger partial charge in [-0.2, -0.15) is 5.10 Å². The highest BCUT2D eigenvalue weighted by molar-refractivity contribution is 5.93. The third-order valence-corrected chi connectivity index (χ3v) is 3.37. The highest BCUT2D eigenvalue weighted by atomic mass is 16.4. The van der Waals surface area contributed by atoms with E-state index in [0.717, 1.165) is 11.4 Å². The molecule has 98 valence electrons. The van der Waals surface area contributed by atoms with E-state index in [1.165, 1.54) is 12.8 Å². The maximum absolute atomic E-state index is 11.4. The summed E-state index contributed by atoms with van der Waals surface area (Å²) in [6.07, 6.45) is 4.18. The van der Waals surface area contributed by atoms with Crippen molar-refractivity contribution >= 4 is 5.97 Å².